The normalized spacial score (nSPS) is 18.7. The number of hydrogen-bond donors (Lipinski definition) is 1. The van der Waals surface area contributed by atoms with Crippen LogP contribution in [0.2, 0.25) is 0 Å². The Labute approximate surface area is 124 Å². The summed E-state index contributed by atoms with van der Waals surface area (Å²) in [5.74, 6) is -0.166. The minimum atomic E-state index is -0.191. The van der Waals surface area contributed by atoms with Gasteiger partial charge in [0.1, 0.15) is 11.0 Å². The second-order valence-electron chi connectivity index (χ2n) is 5.09. The van der Waals surface area contributed by atoms with Gasteiger partial charge in [0.15, 0.2) is 0 Å². The maximum atomic E-state index is 11.9. The first-order valence-electron chi connectivity index (χ1n) is 6.79. The summed E-state index contributed by atoms with van der Waals surface area (Å²) in [6.07, 6.45) is 2.98. The zero-order valence-electron chi connectivity index (χ0n) is 11.9. The molecule has 0 aromatic heterocycles. The number of piperidine rings is 1. The van der Waals surface area contributed by atoms with E-state index >= 15 is 0 Å². The lowest BCUT2D eigenvalue weighted by molar-refractivity contribution is -0.142. The molecule has 1 unspecified atom stereocenters. The molecule has 1 aliphatic rings. The largest absolute Gasteiger partial charge is 0.467 e. The van der Waals surface area contributed by atoms with Gasteiger partial charge in [-0.25, -0.2) is 4.79 Å². The molecule has 1 aromatic carbocycles. The number of nitrogens with zero attached hydrogens (tertiary/aromatic N) is 1. The molecule has 0 radical (unpaired) electrons. The smallest absolute Gasteiger partial charge is 0.328 e. The Hall–Kier alpha value is -1.62. The zero-order chi connectivity index (χ0) is 14.7. The third-order valence-corrected chi connectivity index (χ3v) is 4.00. The van der Waals surface area contributed by atoms with Gasteiger partial charge in [0.05, 0.1) is 7.11 Å². The van der Waals surface area contributed by atoms with Gasteiger partial charge >= 0.3 is 5.97 Å². The Morgan fingerprint density at radius 1 is 1.45 bits per heavy atom. The van der Waals surface area contributed by atoms with E-state index in [0.29, 0.717) is 4.99 Å². The van der Waals surface area contributed by atoms with E-state index in [1.165, 1.54) is 7.11 Å². The molecule has 5 heteroatoms. The van der Waals surface area contributed by atoms with E-state index in [-0.39, 0.29) is 12.0 Å². The van der Waals surface area contributed by atoms with Gasteiger partial charge in [0.2, 0.25) is 0 Å². The Balaban J connectivity index is 2.31. The number of anilines is 1. The lowest BCUT2D eigenvalue weighted by atomic mass is 10.00. The van der Waals surface area contributed by atoms with E-state index in [4.69, 9.17) is 22.7 Å². The number of carbonyl (C=O) groups excluding carboxylic acids is 1. The fourth-order valence-corrected chi connectivity index (χ4v) is 2.95. The number of hydrogen-bond acceptors (Lipinski definition) is 4. The number of benzene rings is 1. The van der Waals surface area contributed by atoms with Crippen LogP contribution >= 0.6 is 12.2 Å². The Morgan fingerprint density at radius 2 is 2.20 bits per heavy atom. The average Bonchev–Trinajstić information content (AvgIpc) is 2.46. The highest BCUT2D eigenvalue weighted by Gasteiger charge is 2.29. The van der Waals surface area contributed by atoms with Crippen molar-refractivity contribution in [1.29, 1.82) is 0 Å². The predicted molar refractivity (Wildman–Crippen MR) is 84.1 cm³/mol. The molecular weight excluding hydrogens is 272 g/mol. The standard InChI is InChI=1S/C15H20N2O2S/c1-10-9-11(6-7-12(10)14(16)20)17-8-4-3-5-13(17)15(18)19-2/h6-7,9,13H,3-5,8H2,1-2H3,(H2,16,20). The molecule has 0 bridgehead atoms. The summed E-state index contributed by atoms with van der Waals surface area (Å²) in [7, 11) is 1.44. The van der Waals surface area contributed by atoms with Crippen LogP contribution in [-0.4, -0.2) is 30.7 Å². The minimum absolute atomic E-state index is 0.166. The molecule has 0 saturated carbocycles. The number of methoxy groups -OCH3 is 1. The van der Waals surface area contributed by atoms with E-state index in [9.17, 15) is 4.79 Å². The average molecular weight is 292 g/mol. The van der Waals surface area contributed by atoms with E-state index in [0.717, 1.165) is 42.6 Å². The molecule has 1 fully saturated rings. The van der Waals surface area contributed by atoms with Crippen LogP contribution in [-0.2, 0) is 9.53 Å². The van der Waals surface area contributed by atoms with Gasteiger partial charge in [0, 0.05) is 17.8 Å². The molecule has 0 amide bonds. The topological polar surface area (TPSA) is 55.6 Å². The zero-order valence-corrected chi connectivity index (χ0v) is 12.7. The maximum Gasteiger partial charge on any atom is 0.328 e. The van der Waals surface area contributed by atoms with Gasteiger partial charge < -0.3 is 15.4 Å². The van der Waals surface area contributed by atoms with Gasteiger partial charge in [-0.15, -0.1) is 0 Å². The third-order valence-electron chi connectivity index (χ3n) is 3.78. The summed E-state index contributed by atoms with van der Waals surface area (Å²) in [6, 6.07) is 5.75. The van der Waals surface area contributed by atoms with Crippen molar-refractivity contribution in [2.75, 3.05) is 18.6 Å². The van der Waals surface area contributed by atoms with E-state index in [1.54, 1.807) is 0 Å². The number of ether oxygens (including phenoxy) is 1. The number of rotatable bonds is 3. The monoisotopic (exact) mass is 292 g/mol. The predicted octanol–water partition coefficient (Wildman–Crippen LogP) is 2.16. The van der Waals surface area contributed by atoms with E-state index < -0.39 is 0 Å². The summed E-state index contributed by atoms with van der Waals surface area (Å²) in [6.45, 7) is 2.85. The van der Waals surface area contributed by atoms with Crippen LogP contribution < -0.4 is 10.6 Å². The number of thiocarbonyl (C=S) groups is 1. The summed E-state index contributed by atoms with van der Waals surface area (Å²) in [4.78, 5) is 14.4. The number of aryl methyl sites for hydroxylation is 1. The molecule has 20 heavy (non-hydrogen) atoms. The number of nitrogens with two attached hydrogens (primary N) is 1. The number of esters is 1. The van der Waals surface area contributed by atoms with Crippen LogP contribution in [0.25, 0.3) is 0 Å². The van der Waals surface area contributed by atoms with Crippen molar-refractivity contribution in [2.45, 2.75) is 32.2 Å². The van der Waals surface area contributed by atoms with Gasteiger partial charge in [0.25, 0.3) is 0 Å². The van der Waals surface area contributed by atoms with Gasteiger partial charge in [-0.1, -0.05) is 12.2 Å². The third kappa shape index (κ3) is 2.93. The molecule has 1 atom stereocenters. The van der Waals surface area contributed by atoms with Crippen molar-refractivity contribution in [3.05, 3.63) is 29.3 Å². The molecule has 1 saturated heterocycles. The van der Waals surface area contributed by atoms with Gasteiger partial charge in [-0.05, 0) is 49.9 Å². The first-order chi connectivity index (χ1) is 9.54. The van der Waals surface area contributed by atoms with Crippen LogP contribution in [0.5, 0.6) is 0 Å². The van der Waals surface area contributed by atoms with Crippen LogP contribution in [0.4, 0.5) is 5.69 Å². The summed E-state index contributed by atoms with van der Waals surface area (Å²) in [5, 5.41) is 0. The highest BCUT2D eigenvalue weighted by Crippen LogP contribution is 2.27. The van der Waals surface area contributed by atoms with Gasteiger partial charge in [-0.2, -0.15) is 0 Å². The van der Waals surface area contributed by atoms with Crippen LogP contribution in [0, 0.1) is 6.92 Å². The van der Waals surface area contributed by atoms with Crippen LogP contribution in [0.1, 0.15) is 30.4 Å². The Bertz CT molecular complexity index is 531. The summed E-state index contributed by atoms with van der Waals surface area (Å²) < 4.78 is 4.91. The van der Waals surface area contributed by atoms with Crippen molar-refractivity contribution in [2.24, 2.45) is 5.73 Å². The van der Waals surface area contributed by atoms with Crippen molar-refractivity contribution in [1.82, 2.24) is 0 Å². The van der Waals surface area contributed by atoms with E-state index in [1.807, 2.05) is 25.1 Å². The SMILES string of the molecule is COC(=O)C1CCCCN1c1ccc(C(N)=S)c(C)c1. The molecule has 1 aromatic rings. The minimum Gasteiger partial charge on any atom is -0.467 e. The highest BCUT2D eigenvalue weighted by atomic mass is 32.1. The quantitative estimate of drug-likeness (QED) is 0.683. The summed E-state index contributed by atoms with van der Waals surface area (Å²) in [5.41, 5.74) is 8.63. The fraction of sp³-hybridized carbons (Fsp3) is 0.467. The van der Waals surface area contributed by atoms with E-state index in [2.05, 4.69) is 4.90 Å². The molecule has 0 spiro atoms. The van der Waals surface area contributed by atoms with Crippen LogP contribution in [0.15, 0.2) is 18.2 Å². The number of carbonyl (C=O) groups is 1. The molecular formula is C15H20N2O2S. The van der Waals surface area contributed by atoms with Gasteiger partial charge in [-0.3, -0.25) is 0 Å². The molecule has 0 aliphatic carbocycles. The Morgan fingerprint density at radius 3 is 2.80 bits per heavy atom. The molecule has 4 nitrogen and oxygen atoms in total. The second-order valence-corrected chi connectivity index (χ2v) is 5.53. The van der Waals surface area contributed by atoms with Crippen LogP contribution in [0.3, 0.4) is 0 Å². The molecule has 2 N–H and O–H groups in total. The first-order valence-corrected chi connectivity index (χ1v) is 7.20. The van der Waals surface area contributed by atoms with Crippen molar-refractivity contribution >= 4 is 28.9 Å². The molecule has 2 rings (SSSR count). The van der Waals surface area contributed by atoms with Crippen molar-refractivity contribution < 1.29 is 9.53 Å². The lowest BCUT2D eigenvalue weighted by Gasteiger charge is -2.36. The van der Waals surface area contributed by atoms with Crippen molar-refractivity contribution in [3.8, 4) is 0 Å². The highest BCUT2D eigenvalue weighted by molar-refractivity contribution is 7.80. The van der Waals surface area contributed by atoms with Crippen molar-refractivity contribution in [3.63, 3.8) is 0 Å². The second kappa shape index (κ2) is 6.22. The molecule has 1 aliphatic heterocycles. The maximum absolute atomic E-state index is 11.9. The first kappa shape index (κ1) is 14.8. The fourth-order valence-electron chi connectivity index (χ4n) is 2.72. The molecule has 1 heterocycles. The lowest BCUT2D eigenvalue weighted by Crippen LogP contribution is -2.45. The summed E-state index contributed by atoms with van der Waals surface area (Å²) >= 11 is 5.02. The Kier molecular flexibility index (Phi) is 4.60. The molecule has 108 valence electrons.